The van der Waals surface area contributed by atoms with Gasteiger partial charge >= 0.3 is 5.69 Å². The summed E-state index contributed by atoms with van der Waals surface area (Å²) >= 11 is 1.22. The monoisotopic (exact) mass is 679 g/mol. The number of hydrogen-bond donors (Lipinski definition) is 1. The molecule has 4 aromatic carbocycles. The van der Waals surface area contributed by atoms with Crippen molar-refractivity contribution in [2.75, 3.05) is 7.05 Å². The lowest BCUT2D eigenvalue weighted by Gasteiger charge is -2.19. The van der Waals surface area contributed by atoms with E-state index in [1.165, 1.54) is 22.0 Å². The zero-order valence-electron chi connectivity index (χ0n) is 27.2. The molecule has 6 rings (SSSR count). The van der Waals surface area contributed by atoms with Gasteiger partial charge in [-0.25, -0.2) is 18.1 Å². The number of carbonyl (C=O) groups is 1. The number of para-hydroxylation sites is 1. The third kappa shape index (κ3) is 7.07. The number of rotatable bonds is 12. The van der Waals surface area contributed by atoms with E-state index < -0.39 is 29.4 Å². The van der Waals surface area contributed by atoms with Crippen molar-refractivity contribution in [2.45, 2.75) is 46.0 Å². The topological polar surface area (TPSA) is 84.5 Å². The second-order valence-electron chi connectivity index (χ2n) is 12.1. The first-order valence-corrected chi connectivity index (χ1v) is 16.8. The largest absolute Gasteiger partial charge is 0.392 e. The van der Waals surface area contributed by atoms with Crippen molar-refractivity contribution in [1.82, 2.24) is 14.0 Å². The van der Waals surface area contributed by atoms with E-state index in [9.17, 15) is 19.5 Å². The molecule has 2 aromatic heterocycles. The summed E-state index contributed by atoms with van der Waals surface area (Å²) in [5.74, 6) is -1.47. The van der Waals surface area contributed by atoms with Crippen LogP contribution in [-0.4, -0.2) is 32.0 Å². The Kier molecular flexibility index (Phi) is 10.1. The summed E-state index contributed by atoms with van der Waals surface area (Å²) in [6.45, 7) is 2.10. The highest BCUT2D eigenvalue weighted by Gasteiger charge is 2.26. The molecule has 0 radical (unpaired) electrons. The number of carbonyl (C=O) groups excluding carboxylic acids is 1. The van der Waals surface area contributed by atoms with Gasteiger partial charge in [0.2, 0.25) is 0 Å². The number of benzene rings is 4. The summed E-state index contributed by atoms with van der Waals surface area (Å²) < 4.78 is 32.4. The molecule has 0 saturated heterocycles. The lowest BCUT2D eigenvalue weighted by atomic mass is 10.0. The zero-order chi connectivity index (χ0) is 34.7. The van der Waals surface area contributed by atoms with Crippen molar-refractivity contribution in [3.05, 3.63) is 157 Å². The van der Waals surface area contributed by atoms with E-state index in [4.69, 9.17) is 0 Å². The van der Waals surface area contributed by atoms with Crippen LogP contribution in [0.4, 0.5) is 8.78 Å². The maximum Gasteiger partial charge on any atom is 0.337 e. The molecule has 0 aliphatic carbocycles. The molecular formula is C39H35F2N3O4S. The first-order valence-electron chi connectivity index (χ1n) is 16.0. The average Bonchev–Trinajstić information content (AvgIpc) is 3.47. The smallest absolute Gasteiger partial charge is 0.337 e. The second kappa shape index (κ2) is 14.6. The van der Waals surface area contributed by atoms with Gasteiger partial charge in [0.15, 0.2) is 0 Å². The molecule has 49 heavy (non-hydrogen) atoms. The Morgan fingerprint density at radius 3 is 2.16 bits per heavy atom. The van der Waals surface area contributed by atoms with E-state index >= 15 is 8.78 Å². The number of aliphatic hydroxyl groups is 1. The van der Waals surface area contributed by atoms with Gasteiger partial charge in [-0.1, -0.05) is 79.7 Å². The van der Waals surface area contributed by atoms with E-state index in [0.29, 0.717) is 42.0 Å². The number of nitrogens with zero attached hydrogens (tertiary/aromatic N) is 3. The fraction of sp³-hybridized carbons (Fsp3) is 0.205. The summed E-state index contributed by atoms with van der Waals surface area (Å²) in [4.78, 5) is 43.9. The van der Waals surface area contributed by atoms with Gasteiger partial charge in [-0.15, -0.1) is 11.3 Å². The summed E-state index contributed by atoms with van der Waals surface area (Å²) in [7, 11) is 1.92. The molecule has 0 atom stereocenters. The van der Waals surface area contributed by atoms with Crippen LogP contribution < -0.4 is 11.2 Å². The van der Waals surface area contributed by atoms with Gasteiger partial charge < -0.3 is 5.11 Å². The number of fused-ring (bicyclic) bond motifs is 1. The number of ketones is 1. The molecule has 0 saturated carbocycles. The van der Waals surface area contributed by atoms with Crippen LogP contribution in [0.25, 0.3) is 26.3 Å². The summed E-state index contributed by atoms with van der Waals surface area (Å²) in [6, 6.07) is 27.2. The zero-order valence-corrected chi connectivity index (χ0v) is 28.0. The van der Waals surface area contributed by atoms with E-state index in [1.54, 1.807) is 30.3 Å². The molecule has 0 bridgehead atoms. The normalized spacial score (nSPS) is 11.5. The minimum Gasteiger partial charge on any atom is -0.392 e. The fourth-order valence-corrected chi connectivity index (χ4v) is 7.33. The van der Waals surface area contributed by atoms with Crippen molar-refractivity contribution in [3.8, 4) is 16.1 Å². The quantitative estimate of drug-likeness (QED) is 0.153. The van der Waals surface area contributed by atoms with E-state index in [1.807, 2.05) is 67.4 Å². The minimum atomic E-state index is -0.795. The number of halogens is 2. The Labute approximate surface area is 285 Å². The molecule has 0 spiro atoms. The van der Waals surface area contributed by atoms with Crippen LogP contribution in [0.5, 0.6) is 0 Å². The summed E-state index contributed by atoms with van der Waals surface area (Å²) in [6.07, 6.45) is 0.741. The third-order valence-corrected chi connectivity index (χ3v) is 9.84. The van der Waals surface area contributed by atoms with Crippen molar-refractivity contribution in [3.63, 3.8) is 0 Å². The molecule has 0 unspecified atom stereocenters. The van der Waals surface area contributed by atoms with Crippen LogP contribution >= 0.6 is 11.3 Å². The predicted molar refractivity (Wildman–Crippen MR) is 189 cm³/mol. The van der Waals surface area contributed by atoms with E-state index in [0.717, 1.165) is 43.8 Å². The minimum absolute atomic E-state index is 0.0874. The number of aromatic nitrogens is 2. The van der Waals surface area contributed by atoms with Gasteiger partial charge in [0.1, 0.15) is 22.2 Å². The van der Waals surface area contributed by atoms with Gasteiger partial charge in [0.25, 0.3) is 5.56 Å². The highest BCUT2D eigenvalue weighted by Crippen LogP contribution is 2.38. The second-order valence-corrected chi connectivity index (χ2v) is 13.1. The Morgan fingerprint density at radius 1 is 0.816 bits per heavy atom. The van der Waals surface area contributed by atoms with Crippen LogP contribution in [0.15, 0.2) is 107 Å². The first-order chi connectivity index (χ1) is 23.7. The van der Waals surface area contributed by atoms with Crippen LogP contribution in [0.3, 0.4) is 0 Å². The first kappa shape index (κ1) is 33.9. The Morgan fingerprint density at radius 2 is 1.49 bits per heavy atom. The molecule has 0 aliphatic heterocycles. The summed E-state index contributed by atoms with van der Waals surface area (Å²) in [5, 5.41) is 9.94. The number of thiophene rings is 1. The Balaban J connectivity index is 1.59. The maximum absolute atomic E-state index is 15.0. The molecule has 2 heterocycles. The lowest BCUT2D eigenvalue weighted by Crippen LogP contribution is -2.39. The molecule has 0 aliphatic rings. The van der Waals surface area contributed by atoms with Gasteiger partial charge in [-0.2, -0.15) is 0 Å². The van der Waals surface area contributed by atoms with Gasteiger partial charge in [-0.3, -0.25) is 19.1 Å². The molecule has 0 amide bonds. The fourth-order valence-electron chi connectivity index (χ4n) is 6.03. The SMILES string of the molecule is CCC(=O)Cc1ccc(-c2sc3c(c2CN(C)Cc2cccc(CO)c2)c(=O)n(-c2ccccc2)c(=O)n3Cc2c(F)cccc2F)cc1. The predicted octanol–water partition coefficient (Wildman–Crippen LogP) is 6.85. The van der Waals surface area contributed by atoms with Gasteiger partial charge in [0.05, 0.1) is 24.2 Å². The van der Waals surface area contributed by atoms with E-state index in [-0.39, 0.29) is 23.3 Å². The van der Waals surface area contributed by atoms with Crippen LogP contribution in [0.2, 0.25) is 0 Å². The summed E-state index contributed by atoms with van der Waals surface area (Å²) in [5.41, 5.74) is 2.85. The molecule has 7 nitrogen and oxygen atoms in total. The lowest BCUT2D eigenvalue weighted by molar-refractivity contribution is -0.118. The van der Waals surface area contributed by atoms with Crippen LogP contribution in [0, 0.1) is 11.6 Å². The van der Waals surface area contributed by atoms with E-state index in [2.05, 4.69) is 0 Å². The molecule has 250 valence electrons. The molecule has 10 heteroatoms. The number of aliphatic hydroxyl groups excluding tert-OH is 1. The highest BCUT2D eigenvalue weighted by molar-refractivity contribution is 7.22. The number of Topliss-reactive ketones (excluding diaryl/α,β-unsaturated/α-hetero) is 1. The standard InChI is InChI=1S/C39H35F2N3O4S/c1-3-30(46)20-25-15-17-28(18-16-25)36-32(22-42(2)21-26-9-7-10-27(19-26)24-45)35-37(47)44(29-11-5-4-6-12-29)39(48)43(38(35)49-36)23-31-33(40)13-8-14-34(31)41/h4-19,45H,3,20-24H2,1-2H3. The van der Waals surface area contributed by atoms with Crippen LogP contribution in [-0.2, 0) is 37.5 Å². The van der Waals surface area contributed by atoms with Crippen molar-refractivity contribution in [2.24, 2.45) is 0 Å². The molecule has 1 N–H and O–H groups in total. The average molecular weight is 680 g/mol. The van der Waals surface area contributed by atoms with Gasteiger partial charge in [-0.05, 0) is 59.1 Å². The maximum atomic E-state index is 15.0. The van der Waals surface area contributed by atoms with Crippen molar-refractivity contribution < 1.29 is 18.7 Å². The van der Waals surface area contributed by atoms with Crippen molar-refractivity contribution >= 4 is 27.3 Å². The highest BCUT2D eigenvalue weighted by atomic mass is 32.1. The third-order valence-electron chi connectivity index (χ3n) is 8.53. The molecule has 6 aromatic rings. The van der Waals surface area contributed by atoms with Gasteiger partial charge in [0, 0.05) is 36.4 Å². The number of hydrogen-bond acceptors (Lipinski definition) is 6. The Hall–Kier alpha value is -5.03. The van der Waals surface area contributed by atoms with Crippen LogP contribution in [0.1, 0.15) is 41.2 Å². The van der Waals surface area contributed by atoms with Crippen molar-refractivity contribution in [1.29, 1.82) is 0 Å². The molecular weight excluding hydrogens is 645 g/mol. The molecule has 0 fully saturated rings. The Bertz CT molecular complexity index is 2240.